The van der Waals surface area contributed by atoms with Gasteiger partial charge in [-0.05, 0) is 63.0 Å². The van der Waals surface area contributed by atoms with E-state index in [0.717, 1.165) is 49.9 Å². The van der Waals surface area contributed by atoms with E-state index in [0.29, 0.717) is 11.9 Å². The molecule has 1 fully saturated rings. The quantitative estimate of drug-likeness (QED) is 0.216. The Morgan fingerprint density at radius 2 is 2.11 bits per heavy atom. The summed E-state index contributed by atoms with van der Waals surface area (Å²) in [7, 11) is 1.67. The molecule has 1 saturated heterocycles. The average Bonchev–Trinajstić information content (AvgIpc) is 3.17. The Kier molecular flexibility index (Phi) is 12.7. The lowest BCUT2D eigenvalue weighted by Crippen LogP contribution is -2.38. The number of rotatable bonds is 10. The lowest BCUT2D eigenvalue weighted by atomic mass is 10.1. The van der Waals surface area contributed by atoms with E-state index in [-0.39, 0.29) is 24.0 Å². The third-order valence-corrected chi connectivity index (χ3v) is 5.66. The zero-order valence-corrected chi connectivity index (χ0v) is 19.9. The molecule has 1 unspecified atom stereocenters. The molecular formula is C20H34IN3O2S. The van der Waals surface area contributed by atoms with E-state index in [9.17, 15) is 0 Å². The van der Waals surface area contributed by atoms with Crippen LogP contribution in [0.25, 0.3) is 0 Å². The van der Waals surface area contributed by atoms with E-state index in [1.807, 2.05) is 13.0 Å². The summed E-state index contributed by atoms with van der Waals surface area (Å²) in [5.74, 6) is 3.84. The lowest BCUT2D eigenvalue weighted by molar-refractivity contribution is 0.310. The molecule has 1 aromatic rings. The normalized spacial score (nSPS) is 16.6. The molecule has 1 heterocycles. The number of aliphatic imine (C=N–C) groups is 1. The summed E-state index contributed by atoms with van der Waals surface area (Å²) >= 11 is 2.05. The van der Waals surface area contributed by atoms with Gasteiger partial charge in [-0.1, -0.05) is 6.07 Å². The van der Waals surface area contributed by atoms with Gasteiger partial charge in [0.2, 0.25) is 0 Å². The molecule has 2 rings (SSSR count). The lowest BCUT2D eigenvalue weighted by Gasteiger charge is -2.13. The van der Waals surface area contributed by atoms with Crippen molar-refractivity contribution in [2.75, 3.05) is 39.1 Å². The van der Waals surface area contributed by atoms with Crippen molar-refractivity contribution < 1.29 is 9.47 Å². The smallest absolute Gasteiger partial charge is 0.191 e. The minimum absolute atomic E-state index is 0. The van der Waals surface area contributed by atoms with Gasteiger partial charge in [0.25, 0.3) is 0 Å². The van der Waals surface area contributed by atoms with Gasteiger partial charge in [-0.15, -0.1) is 24.0 Å². The molecule has 0 bridgehead atoms. The summed E-state index contributed by atoms with van der Waals surface area (Å²) in [6.07, 6.45) is 4.67. The number of thioether (sulfide) groups is 1. The minimum atomic E-state index is 0. The molecule has 5 nitrogen and oxygen atoms in total. The van der Waals surface area contributed by atoms with Crippen LogP contribution in [-0.4, -0.2) is 50.3 Å². The summed E-state index contributed by atoms with van der Waals surface area (Å²) in [6.45, 7) is 7.44. The number of hydrogen-bond donors (Lipinski definition) is 2. The van der Waals surface area contributed by atoms with Gasteiger partial charge in [-0.3, -0.25) is 4.99 Å². The van der Waals surface area contributed by atoms with Gasteiger partial charge >= 0.3 is 0 Å². The Morgan fingerprint density at radius 1 is 1.26 bits per heavy atom. The Labute approximate surface area is 185 Å². The second kappa shape index (κ2) is 14.2. The van der Waals surface area contributed by atoms with Gasteiger partial charge in [-0.2, -0.15) is 11.8 Å². The number of benzene rings is 1. The molecule has 1 aliphatic heterocycles. The molecule has 27 heavy (non-hydrogen) atoms. The van der Waals surface area contributed by atoms with E-state index in [4.69, 9.17) is 14.5 Å². The number of nitrogens with zero attached hydrogens (tertiary/aromatic N) is 1. The zero-order chi connectivity index (χ0) is 18.6. The molecule has 1 aliphatic rings. The highest BCUT2D eigenvalue weighted by Crippen LogP contribution is 2.28. The molecule has 0 amide bonds. The molecule has 2 N–H and O–H groups in total. The fraction of sp³-hybridized carbons (Fsp3) is 0.650. The first kappa shape index (κ1) is 24.2. The Morgan fingerprint density at radius 3 is 2.78 bits per heavy atom. The highest BCUT2D eigenvalue weighted by Gasteiger charge is 2.14. The molecule has 0 radical (unpaired) electrons. The standard InChI is InChI=1S/C20H33N3O2S.HI/c1-4-21-20(23-15-17-9-7-13-26-17)22-12-6-8-16-10-11-18(24-3)19(14-16)25-5-2;/h10-11,14,17H,4-9,12-13,15H2,1-3H3,(H2,21,22,23);1H. The molecule has 0 spiro atoms. The molecule has 1 atom stereocenters. The molecular weight excluding hydrogens is 473 g/mol. The Bertz CT molecular complexity index is 566. The first-order valence-corrected chi connectivity index (χ1v) is 10.7. The van der Waals surface area contributed by atoms with Crippen LogP contribution < -0.4 is 20.1 Å². The summed E-state index contributed by atoms with van der Waals surface area (Å²) in [5, 5.41) is 7.49. The van der Waals surface area contributed by atoms with Crippen LogP contribution in [0, 0.1) is 0 Å². The van der Waals surface area contributed by atoms with Crippen molar-refractivity contribution >= 4 is 41.7 Å². The number of ether oxygens (including phenoxy) is 2. The zero-order valence-electron chi connectivity index (χ0n) is 16.8. The predicted octanol–water partition coefficient (Wildman–Crippen LogP) is 4.10. The predicted molar refractivity (Wildman–Crippen MR) is 127 cm³/mol. The average molecular weight is 507 g/mol. The van der Waals surface area contributed by atoms with Crippen LogP contribution in [-0.2, 0) is 6.42 Å². The van der Waals surface area contributed by atoms with E-state index in [2.05, 4.69) is 41.5 Å². The molecule has 0 aromatic heterocycles. The van der Waals surface area contributed by atoms with E-state index < -0.39 is 0 Å². The van der Waals surface area contributed by atoms with Crippen LogP contribution in [0.2, 0.25) is 0 Å². The SMILES string of the molecule is CCNC(=NCC1CCCS1)NCCCc1ccc(OC)c(OCC)c1.I. The Balaban J connectivity index is 0.00000364. The minimum Gasteiger partial charge on any atom is -0.493 e. The summed E-state index contributed by atoms with van der Waals surface area (Å²) in [4.78, 5) is 4.74. The van der Waals surface area contributed by atoms with Gasteiger partial charge in [0.05, 0.1) is 20.3 Å². The number of nitrogens with one attached hydrogen (secondary N) is 2. The van der Waals surface area contributed by atoms with Gasteiger partial charge in [0.15, 0.2) is 17.5 Å². The molecule has 7 heteroatoms. The number of aryl methyl sites for hydroxylation is 1. The monoisotopic (exact) mass is 507 g/mol. The largest absolute Gasteiger partial charge is 0.493 e. The van der Waals surface area contributed by atoms with Crippen LogP contribution in [0.5, 0.6) is 11.5 Å². The molecule has 1 aromatic carbocycles. The van der Waals surface area contributed by atoms with Gasteiger partial charge in [0, 0.05) is 18.3 Å². The Hall–Kier alpha value is -0.830. The second-order valence-corrected chi connectivity index (χ2v) is 7.71. The van der Waals surface area contributed by atoms with Crippen LogP contribution in [0.1, 0.15) is 38.7 Å². The fourth-order valence-corrected chi connectivity index (χ4v) is 4.15. The number of methoxy groups -OCH3 is 1. The molecule has 0 saturated carbocycles. The third-order valence-electron chi connectivity index (χ3n) is 4.28. The maximum absolute atomic E-state index is 5.65. The number of hydrogen-bond acceptors (Lipinski definition) is 4. The van der Waals surface area contributed by atoms with Crippen molar-refractivity contribution in [3.05, 3.63) is 23.8 Å². The summed E-state index contributed by atoms with van der Waals surface area (Å²) < 4.78 is 11.0. The fourth-order valence-electron chi connectivity index (χ4n) is 2.97. The van der Waals surface area contributed by atoms with Crippen LogP contribution in [0.4, 0.5) is 0 Å². The second-order valence-electron chi connectivity index (χ2n) is 6.30. The maximum atomic E-state index is 5.65. The van der Waals surface area contributed by atoms with E-state index in [1.165, 1.54) is 24.2 Å². The van der Waals surface area contributed by atoms with Crippen molar-refractivity contribution in [1.29, 1.82) is 0 Å². The topological polar surface area (TPSA) is 54.9 Å². The van der Waals surface area contributed by atoms with Crippen LogP contribution in [0.15, 0.2) is 23.2 Å². The summed E-state index contributed by atoms with van der Waals surface area (Å²) in [6, 6.07) is 6.18. The highest BCUT2D eigenvalue weighted by molar-refractivity contribution is 14.0. The first-order chi connectivity index (χ1) is 12.8. The summed E-state index contributed by atoms with van der Waals surface area (Å²) in [5.41, 5.74) is 1.26. The third kappa shape index (κ3) is 8.81. The van der Waals surface area contributed by atoms with Crippen molar-refractivity contribution in [1.82, 2.24) is 10.6 Å². The number of guanidine groups is 1. The van der Waals surface area contributed by atoms with Gasteiger partial charge in [-0.25, -0.2) is 0 Å². The molecule has 0 aliphatic carbocycles. The van der Waals surface area contributed by atoms with Crippen LogP contribution >= 0.6 is 35.7 Å². The van der Waals surface area contributed by atoms with Crippen molar-refractivity contribution in [3.63, 3.8) is 0 Å². The van der Waals surface area contributed by atoms with E-state index >= 15 is 0 Å². The molecule has 154 valence electrons. The van der Waals surface area contributed by atoms with Crippen molar-refractivity contribution in [2.45, 2.75) is 44.8 Å². The van der Waals surface area contributed by atoms with Crippen molar-refractivity contribution in [2.24, 2.45) is 4.99 Å². The highest BCUT2D eigenvalue weighted by atomic mass is 127. The first-order valence-electron chi connectivity index (χ1n) is 9.70. The van der Waals surface area contributed by atoms with Crippen LogP contribution in [0.3, 0.4) is 0 Å². The maximum Gasteiger partial charge on any atom is 0.191 e. The van der Waals surface area contributed by atoms with Gasteiger partial charge < -0.3 is 20.1 Å². The number of halogens is 1. The van der Waals surface area contributed by atoms with Crippen molar-refractivity contribution in [3.8, 4) is 11.5 Å². The van der Waals surface area contributed by atoms with E-state index in [1.54, 1.807) is 7.11 Å². The van der Waals surface area contributed by atoms with Gasteiger partial charge in [0.1, 0.15) is 0 Å².